The lowest BCUT2D eigenvalue weighted by molar-refractivity contribution is 0.0734. The third kappa shape index (κ3) is 19.0. The van der Waals surface area contributed by atoms with Crippen molar-refractivity contribution in [2.24, 2.45) is 0 Å². The van der Waals surface area contributed by atoms with E-state index in [0.29, 0.717) is 30.1 Å². The molecule has 4 nitrogen and oxygen atoms in total. The number of halogens is 1. The molecule has 248 valence electrons. The highest BCUT2D eigenvalue weighted by atomic mass is 19.1. The summed E-state index contributed by atoms with van der Waals surface area (Å²) in [6.07, 6.45) is 25.0. The summed E-state index contributed by atoms with van der Waals surface area (Å²) in [5.74, 6) is 1.35. The highest BCUT2D eigenvalue weighted by Crippen LogP contribution is 2.21. The maximum Gasteiger partial charge on any atom is 0.343 e. The Morgan fingerprint density at radius 1 is 0.545 bits per heavy atom. The first-order chi connectivity index (χ1) is 21.6. The average Bonchev–Trinajstić information content (AvgIpc) is 3.04. The van der Waals surface area contributed by atoms with Crippen LogP contribution in [0.25, 0.3) is 0 Å². The Labute approximate surface area is 268 Å². The van der Waals surface area contributed by atoms with Crippen LogP contribution in [0, 0.1) is 0 Å². The van der Waals surface area contributed by atoms with Crippen LogP contribution in [0.1, 0.15) is 159 Å². The van der Waals surface area contributed by atoms with Crippen LogP contribution < -0.4 is 14.2 Å². The van der Waals surface area contributed by atoms with E-state index in [2.05, 4.69) is 13.8 Å². The molecule has 0 aliphatic carbocycles. The molecule has 2 aromatic carbocycles. The summed E-state index contributed by atoms with van der Waals surface area (Å²) in [4.78, 5) is 12.6. The fourth-order valence-electron chi connectivity index (χ4n) is 5.36. The minimum absolute atomic E-state index is 0.0357. The molecule has 0 fully saturated rings. The van der Waals surface area contributed by atoms with Crippen molar-refractivity contribution in [3.63, 3.8) is 0 Å². The summed E-state index contributed by atoms with van der Waals surface area (Å²) in [6.45, 7) is 5.23. The number of ether oxygens (including phenoxy) is 3. The van der Waals surface area contributed by atoms with Gasteiger partial charge in [0.25, 0.3) is 0 Å². The monoisotopic (exact) mass is 612 g/mol. The topological polar surface area (TPSA) is 44.8 Å². The van der Waals surface area contributed by atoms with Crippen LogP contribution in [0.3, 0.4) is 0 Å². The molecule has 2 aromatic rings. The fourth-order valence-corrected chi connectivity index (χ4v) is 5.36. The van der Waals surface area contributed by atoms with Gasteiger partial charge >= 0.3 is 5.97 Å². The van der Waals surface area contributed by atoms with E-state index in [1.165, 1.54) is 109 Å². The van der Waals surface area contributed by atoms with Gasteiger partial charge in [0.15, 0.2) is 0 Å². The summed E-state index contributed by atoms with van der Waals surface area (Å²) in [7, 11) is 0. The van der Waals surface area contributed by atoms with Gasteiger partial charge in [-0.25, -0.2) is 9.18 Å². The number of rotatable bonds is 28. The molecule has 0 amide bonds. The van der Waals surface area contributed by atoms with E-state index < -0.39 is 12.1 Å². The van der Waals surface area contributed by atoms with Gasteiger partial charge in [-0.05, 0) is 61.4 Å². The quantitative estimate of drug-likeness (QED) is 0.0545. The van der Waals surface area contributed by atoms with Crippen LogP contribution in [0.4, 0.5) is 4.39 Å². The second-order valence-corrected chi connectivity index (χ2v) is 12.3. The molecule has 0 aromatic heterocycles. The van der Waals surface area contributed by atoms with E-state index in [-0.39, 0.29) is 6.61 Å². The zero-order valence-corrected chi connectivity index (χ0v) is 28.0. The predicted molar refractivity (Wildman–Crippen MR) is 182 cm³/mol. The van der Waals surface area contributed by atoms with Crippen molar-refractivity contribution in [2.75, 3.05) is 13.2 Å². The number of esters is 1. The predicted octanol–water partition coefficient (Wildman–Crippen LogP) is 12.2. The number of unbranched alkanes of at least 4 members (excludes halogenated alkanes) is 18. The Morgan fingerprint density at radius 2 is 0.955 bits per heavy atom. The number of hydrogen-bond donors (Lipinski definition) is 0. The standard InChI is InChI=1S/C39H61FO4/c1-3-5-7-9-11-13-14-15-16-18-20-22-32-42-36-28-30-38(31-29-36)44-39(41)34-24-26-37(27-25-34)43-33-35(40)23-21-19-17-12-10-8-6-4-2/h24-31,35H,3-23,32-33H2,1-2H3. The molecule has 44 heavy (non-hydrogen) atoms. The molecule has 0 N–H and O–H groups in total. The maximum atomic E-state index is 14.2. The zero-order chi connectivity index (χ0) is 31.5. The van der Waals surface area contributed by atoms with Gasteiger partial charge in [-0.3, -0.25) is 0 Å². The summed E-state index contributed by atoms with van der Waals surface area (Å²) in [5, 5.41) is 0. The zero-order valence-electron chi connectivity index (χ0n) is 28.0. The van der Waals surface area contributed by atoms with Crippen LogP contribution in [0.2, 0.25) is 0 Å². The lowest BCUT2D eigenvalue weighted by Crippen LogP contribution is -2.13. The smallest absolute Gasteiger partial charge is 0.343 e. The highest BCUT2D eigenvalue weighted by molar-refractivity contribution is 5.91. The van der Waals surface area contributed by atoms with E-state index in [4.69, 9.17) is 14.2 Å². The van der Waals surface area contributed by atoms with E-state index in [9.17, 15) is 9.18 Å². The molecule has 0 spiro atoms. The Kier molecular flexibility index (Phi) is 22.0. The SMILES string of the molecule is CCCCCCCCCCCCCCOc1ccc(OC(=O)c2ccc(OCC(F)CCCCCCCCCC)cc2)cc1. The third-order valence-electron chi connectivity index (χ3n) is 8.19. The van der Waals surface area contributed by atoms with Crippen LogP contribution in [-0.2, 0) is 0 Å². The molecular weight excluding hydrogens is 551 g/mol. The van der Waals surface area contributed by atoms with Gasteiger partial charge in [-0.15, -0.1) is 0 Å². The second kappa shape index (κ2) is 25.7. The summed E-state index contributed by atoms with van der Waals surface area (Å²) >= 11 is 0. The van der Waals surface area contributed by atoms with E-state index >= 15 is 0 Å². The Morgan fingerprint density at radius 3 is 1.48 bits per heavy atom. The number of benzene rings is 2. The minimum atomic E-state index is -0.976. The Bertz CT molecular complexity index is 944. The first-order valence-electron chi connectivity index (χ1n) is 17.9. The Balaban J connectivity index is 1.52. The van der Waals surface area contributed by atoms with Crippen LogP contribution in [0.5, 0.6) is 17.2 Å². The van der Waals surface area contributed by atoms with Crippen molar-refractivity contribution in [3.8, 4) is 17.2 Å². The molecule has 0 aliphatic heterocycles. The molecule has 0 radical (unpaired) electrons. The maximum absolute atomic E-state index is 14.2. The molecular formula is C39H61FO4. The normalized spacial score (nSPS) is 11.8. The van der Waals surface area contributed by atoms with E-state index in [1.54, 1.807) is 36.4 Å². The van der Waals surface area contributed by atoms with Gasteiger partial charge < -0.3 is 14.2 Å². The summed E-state index contributed by atoms with van der Waals surface area (Å²) in [6, 6.07) is 13.8. The molecule has 1 unspecified atom stereocenters. The van der Waals surface area contributed by atoms with Crippen molar-refractivity contribution in [3.05, 3.63) is 54.1 Å². The average molecular weight is 613 g/mol. The number of hydrogen-bond acceptors (Lipinski definition) is 4. The van der Waals surface area contributed by atoms with Crippen molar-refractivity contribution in [2.45, 2.75) is 155 Å². The number of alkyl halides is 1. The van der Waals surface area contributed by atoms with Gasteiger partial charge in [0.05, 0.1) is 12.2 Å². The first-order valence-corrected chi connectivity index (χ1v) is 17.9. The fraction of sp³-hybridized carbons (Fsp3) is 0.667. The molecule has 5 heteroatoms. The summed E-state index contributed by atoms with van der Waals surface area (Å²) in [5.41, 5.74) is 0.417. The molecule has 0 bridgehead atoms. The molecule has 0 saturated heterocycles. The molecule has 0 aliphatic rings. The molecule has 0 heterocycles. The first kappa shape index (κ1) is 37.6. The van der Waals surface area contributed by atoms with Crippen molar-refractivity contribution >= 4 is 5.97 Å². The lowest BCUT2D eigenvalue weighted by Gasteiger charge is -2.11. The van der Waals surface area contributed by atoms with Crippen LogP contribution >= 0.6 is 0 Å². The van der Waals surface area contributed by atoms with Gasteiger partial charge in [0, 0.05) is 0 Å². The van der Waals surface area contributed by atoms with E-state index in [0.717, 1.165) is 25.0 Å². The second-order valence-electron chi connectivity index (χ2n) is 12.3. The summed E-state index contributed by atoms with van der Waals surface area (Å²) < 4.78 is 31.2. The van der Waals surface area contributed by atoms with Crippen molar-refractivity contribution in [1.82, 2.24) is 0 Å². The largest absolute Gasteiger partial charge is 0.494 e. The van der Waals surface area contributed by atoms with Crippen LogP contribution in [-0.4, -0.2) is 25.4 Å². The molecule has 1 atom stereocenters. The van der Waals surface area contributed by atoms with Gasteiger partial charge in [0.1, 0.15) is 30.0 Å². The van der Waals surface area contributed by atoms with Gasteiger partial charge in [0.2, 0.25) is 0 Å². The molecule has 0 saturated carbocycles. The minimum Gasteiger partial charge on any atom is -0.494 e. The third-order valence-corrected chi connectivity index (χ3v) is 8.19. The Hall–Kier alpha value is -2.56. The van der Waals surface area contributed by atoms with Crippen LogP contribution in [0.15, 0.2) is 48.5 Å². The number of carbonyl (C=O) groups is 1. The molecule has 2 rings (SSSR count). The van der Waals surface area contributed by atoms with E-state index in [1.807, 2.05) is 12.1 Å². The number of carbonyl (C=O) groups excluding carboxylic acids is 1. The highest BCUT2D eigenvalue weighted by Gasteiger charge is 2.11. The lowest BCUT2D eigenvalue weighted by atomic mass is 10.1. The van der Waals surface area contributed by atoms with Crippen molar-refractivity contribution in [1.29, 1.82) is 0 Å². The van der Waals surface area contributed by atoms with Crippen molar-refractivity contribution < 1.29 is 23.4 Å². The van der Waals surface area contributed by atoms with Gasteiger partial charge in [-0.2, -0.15) is 0 Å². The van der Waals surface area contributed by atoms with Gasteiger partial charge in [-0.1, -0.05) is 136 Å².